The first-order valence-electron chi connectivity index (χ1n) is 5.35. The van der Waals surface area contributed by atoms with Crippen LogP contribution in [-0.4, -0.2) is 0 Å². The van der Waals surface area contributed by atoms with Crippen molar-refractivity contribution in [3.63, 3.8) is 0 Å². The molecule has 2 nitrogen and oxygen atoms in total. The number of hydrogen-bond acceptors (Lipinski definition) is 2. The summed E-state index contributed by atoms with van der Waals surface area (Å²) in [5, 5.41) is 0. The van der Waals surface area contributed by atoms with Gasteiger partial charge in [0.2, 0.25) is 0 Å². The molecule has 0 unspecified atom stereocenters. The first-order valence-corrected chi connectivity index (χ1v) is 6.12. The zero-order valence-electron chi connectivity index (χ0n) is 9.31. The first kappa shape index (κ1) is 12.3. The van der Waals surface area contributed by atoms with Crippen molar-refractivity contribution in [1.29, 1.82) is 0 Å². The molecule has 0 N–H and O–H groups in total. The van der Waals surface area contributed by atoms with E-state index >= 15 is 0 Å². The van der Waals surface area contributed by atoms with Gasteiger partial charge in [0.15, 0.2) is 0 Å². The minimum atomic E-state index is 0.551. The third kappa shape index (κ3) is 4.72. The summed E-state index contributed by atoms with van der Waals surface area (Å²) in [7, 11) is 0. The summed E-state index contributed by atoms with van der Waals surface area (Å²) in [4.78, 5) is 0. The van der Waals surface area contributed by atoms with Crippen molar-refractivity contribution in [2.24, 2.45) is 0 Å². The fourth-order valence-corrected chi connectivity index (χ4v) is 1.81. The standard InChI is InChI=1S/2C7H7O.Cu/c2*8-6-7-4-2-1-3-5-7;/h2*1-5H,6H2;/q2*-1;+2. The number of rotatable bonds is 6. The zero-order valence-corrected chi connectivity index (χ0v) is 10.2. The summed E-state index contributed by atoms with van der Waals surface area (Å²) in [5.74, 6) is 0. The van der Waals surface area contributed by atoms with Crippen molar-refractivity contribution in [2.75, 3.05) is 0 Å². The van der Waals surface area contributed by atoms with Gasteiger partial charge in [-0.1, -0.05) is 0 Å². The van der Waals surface area contributed by atoms with Gasteiger partial charge in [-0.3, -0.25) is 0 Å². The fourth-order valence-electron chi connectivity index (χ4n) is 1.31. The SMILES string of the molecule is c1ccc(C[O][Cu][O]Cc2ccccc2)cc1. The molecule has 0 heterocycles. The van der Waals surface area contributed by atoms with E-state index in [1.165, 1.54) is 0 Å². The molecule has 0 atom stereocenters. The van der Waals surface area contributed by atoms with Gasteiger partial charge in [0, 0.05) is 0 Å². The second-order valence-corrected chi connectivity index (χ2v) is 4.18. The topological polar surface area (TPSA) is 18.5 Å². The van der Waals surface area contributed by atoms with Crippen LogP contribution in [0.5, 0.6) is 0 Å². The van der Waals surface area contributed by atoms with E-state index in [9.17, 15) is 0 Å². The van der Waals surface area contributed by atoms with E-state index in [1.54, 1.807) is 0 Å². The summed E-state index contributed by atoms with van der Waals surface area (Å²) in [6, 6.07) is 20.0. The predicted molar refractivity (Wildman–Crippen MR) is 62.5 cm³/mol. The summed E-state index contributed by atoms with van der Waals surface area (Å²) in [5.41, 5.74) is 2.28. The second-order valence-electron chi connectivity index (χ2n) is 3.48. The molecule has 0 bridgehead atoms. The Hall–Kier alpha value is -1.12. The third-order valence-corrected chi connectivity index (χ3v) is 2.67. The molecule has 2 aromatic carbocycles. The molecule has 93 valence electrons. The molecule has 3 heteroatoms. The third-order valence-electron chi connectivity index (χ3n) is 2.18. The minimum absolute atomic E-state index is 0.551. The monoisotopic (exact) mass is 277 g/mol. The average Bonchev–Trinajstić information content (AvgIpc) is 2.41. The number of hydrogen-bond donors (Lipinski definition) is 0. The summed E-state index contributed by atoms with van der Waals surface area (Å²) < 4.78 is 10.7. The molecule has 0 aromatic heterocycles. The van der Waals surface area contributed by atoms with Crippen molar-refractivity contribution in [3.8, 4) is 0 Å². The van der Waals surface area contributed by atoms with Crippen molar-refractivity contribution in [1.82, 2.24) is 0 Å². The molecule has 2 rings (SSSR count). The van der Waals surface area contributed by atoms with Crippen LogP contribution >= 0.6 is 0 Å². The second kappa shape index (κ2) is 7.25. The summed E-state index contributed by atoms with van der Waals surface area (Å²) in [6.07, 6.45) is 0. The van der Waals surface area contributed by atoms with Crippen molar-refractivity contribution in [3.05, 3.63) is 71.8 Å². The maximum absolute atomic E-state index is 5.33. The molecule has 0 radical (unpaired) electrons. The Balaban J connectivity index is 1.61. The van der Waals surface area contributed by atoms with Gasteiger partial charge in [0.1, 0.15) is 0 Å². The van der Waals surface area contributed by atoms with Crippen LogP contribution in [0.4, 0.5) is 0 Å². The van der Waals surface area contributed by atoms with E-state index in [0.29, 0.717) is 13.2 Å². The van der Waals surface area contributed by atoms with E-state index in [-0.39, 0.29) is 0 Å². The summed E-state index contributed by atoms with van der Waals surface area (Å²) in [6.45, 7) is 1.10. The van der Waals surface area contributed by atoms with Gasteiger partial charge >= 0.3 is 108 Å². The molecular formula is C14H14CuO2. The molecule has 17 heavy (non-hydrogen) atoms. The van der Waals surface area contributed by atoms with Gasteiger partial charge in [0.25, 0.3) is 0 Å². The van der Waals surface area contributed by atoms with Crippen LogP contribution in [0.15, 0.2) is 60.7 Å². The summed E-state index contributed by atoms with van der Waals surface area (Å²) >= 11 is 1.13. The molecule has 0 amide bonds. The van der Waals surface area contributed by atoms with Crippen LogP contribution in [0.25, 0.3) is 0 Å². The van der Waals surface area contributed by atoms with Gasteiger partial charge in [0.05, 0.1) is 0 Å². The van der Waals surface area contributed by atoms with E-state index in [0.717, 1.165) is 26.7 Å². The van der Waals surface area contributed by atoms with Crippen LogP contribution in [0, 0.1) is 0 Å². The fraction of sp³-hybridized carbons (Fsp3) is 0.143. The van der Waals surface area contributed by atoms with Crippen molar-refractivity contribution < 1.29 is 23.3 Å². The maximum atomic E-state index is 5.33. The van der Waals surface area contributed by atoms with Crippen LogP contribution in [0.3, 0.4) is 0 Å². The molecule has 0 aliphatic rings. The van der Waals surface area contributed by atoms with Gasteiger partial charge in [-0.2, -0.15) is 0 Å². The molecule has 0 fully saturated rings. The van der Waals surface area contributed by atoms with Gasteiger partial charge in [-0.15, -0.1) is 0 Å². The van der Waals surface area contributed by atoms with E-state index in [4.69, 9.17) is 7.64 Å². The van der Waals surface area contributed by atoms with E-state index < -0.39 is 0 Å². The van der Waals surface area contributed by atoms with Crippen LogP contribution in [0.1, 0.15) is 11.1 Å². The van der Waals surface area contributed by atoms with Crippen LogP contribution in [-0.2, 0) is 36.5 Å². The molecule has 0 aliphatic carbocycles. The molecular weight excluding hydrogens is 264 g/mol. The van der Waals surface area contributed by atoms with E-state index in [1.807, 2.05) is 60.7 Å². The van der Waals surface area contributed by atoms with Crippen LogP contribution in [0.2, 0.25) is 0 Å². The molecule has 0 spiro atoms. The molecule has 0 aliphatic heterocycles. The molecule has 0 saturated carbocycles. The normalized spacial score (nSPS) is 10.6. The number of benzene rings is 2. The van der Waals surface area contributed by atoms with Crippen LogP contribution < -0.4 is 0 Å². The quantitative estimate of drug-likeness (QED) is 0.596. The van der Waals surface area contributed by atoms with Crippen molar-refractivity contribution >= 4 is 0 Å². The van der Waals surface area contributed by atoms with Crippen molar-refractivity contribution in [2.45, 2.75) is 13.2 Å². The Bertz CT molecular complexity index is 375. The molecule has 0 saturated heterocycles. The zero-order chi connectivity index (χ0) is 11.8. The Labute approximate surface area is 108 Å². The van der Waals surface area contributed by atoms with E-state index in [2.05, 4.69) is 0 Å². The Morgan fingerprint density at radius 1 is 0.647 bits per heavy atom. The Morgan fingerprint density at radius 2 is 1.06 bits per heavy atom. The average molecular weight is 278 g/mol. The van der Waals surface area contributed by atoms with Gasteiger partial charge in [-0.25, -0.2) is 0 Å². The predicted octanol–water partition coefficient (Wildman–Crippen LogP) is 3.33. The molecule has 2 aromatic rings. The first-order chi connectivity index (χ1) is 8.45. The Kier molecular flexibility index (Phi) is 5.26. The van der Waals surface area contributed by atoms with Gasteiger partial charge in [-0.05, 0) is 0 Å². The Morgan fingerprint density at radius 3 is 1.47 bits per heavy atom. The van der Waals surface area contributed by atoms with Gasteiger partial charge < -0.3 is 0 Å².